The molecule has 0 spiro atoms. The smallest absolute Gasteiger partial charge is 0.118 e. The number of aromatic hydroxyl groups is 1. The molecule has 0 aliphatic rings. The van der Waals surface area contributed by atoms with E-state index >= 15 is 0 Å². The summed E-state index contributed by atoms with van der Waals surface area (Å²) in [4.78, 5) is 8.08. The van der Waals surface area contributed by atoms with Crippen LogP contribution in [0.1, 0.15) is 5.56 Å². The number of phenolic OH excluding ortho intramolecular Hbond substituents is 1. The Hall–Kier alpha value is -0.580. The van der Waals surface area contributed by atoms with Crippen molar-refractivity contribution >= 4 is 15.9 Å². The lowest BCUT2D eigenvalue weighted by atomic mass is 10.2. The molecule has 0 aliphatic heterocycles. The SMILES string of the molecule is COOC.Cc1cc(Br)ccc1O. The van der Waals surface area contributed by atoms with Gasteiger partial charge in [-0.2, -0.15) is 0 Å². The van der Waals surface area contributed by atoms with Crippen molar-refractivity contribution in [3.05, 3.63) is 28.2 Å². The maximum atomic E-state index is 9.02. The van der Waals surface area contributed by atoms with Crippen molar-refractivity contribution in [3.63, 3.8) is 0 Å². The minimum atomic E-state index is 0.346. The molecule has 1 rings (SSSR count). The van der Waals surface area contributed by atoms with Gasteiger partial charge in [0.1, 0.15) is 5.75 Å². The predicted octanol–water partition coefficient (Wildman–Crippen LogP) is 2.66. The van der Waals surface area contributed by atoms with Crippen LogP contribution in [-0.2, 0) is 9.78 Å². The summed E-state index contributed by atoms with van der Waals surface area (Å²) in [6.07, 6.45) is 0. The van der Waals surface area contributed by atoms with Crippen molar-refractivity contribution < 1.29 is 14.9 Å². The third-order valence-electron chi connectivity index (χ3n) is 1.33. The van der Waals surface area contributed by atoms with Gasteiger partial charge in [0.15, 0.2) is 0 Å². The summed E-state index contributed by atoms with van der Waals surface area (Å²) in [5, 5.41) is 9.02. The second-order valence-electron chi connectivity index (χ2n) is 2.26. The van der Waals surface area contributed by atoms with Gasteiger partial charge < -0.3 is 5.11 Å². The summed E-state index contributed by atoms with van der Waals surface area (Å²) in [7, 11) is 2.92. The molecule has 1 N–H and O–H groups in total. The molecule has 0 atom stereocenters. The van der Waals surface area contributed by atoms with Crippen molar-refractivity contribution in [1.29, 1.82) is 0 Å². The number of halogens is 1. The van der Waals surface area contributed by atoms with Gasteiger partial charge >= 0.3 is 0 Å². The average Bonchev–Trinajstić information content (AvgIpc) is 2.12. The molecule has 0 amide bonds. The van der Waals surface area contributed by atoms with Gasteiger partial charge in [-0.25, -0.2) is 9.78 Å². The lowest BCUT2D eigenvalue weighted by molar-refractivity contribution is -0.248. The number of phenols is 1. The zero-order valence-corrected chi connectivity index (χ0v) is 9.46. The zero-order valence-electron chi connectivity index (χ0n) is 7.87. The number of aryl methyl sites for hydroxylation is 1. The quantitative estimate of drug-likeness (QED) is 0.614. The topological polar surface area (TPSA) is 38.7 Å². The third-order valence-corrected chi connectivity index (χ3v) is 1.82. The van der Waals surface area contributed by atoms with Crippen molar-refractivity contribution in [2.24, 2.45) is 0 Å². The summed E-state index contributed by atoms with van der Waals surface area (Å²) in [6, 6.07) is 5.34. The molecule has 1 aromatic rings. The molecule has 13 heavy (non-hydrogen) atoms. The maximum absolute atomic E-state index is 9.02. The molecule has 0 bridgehead atoms. The van der Waals surface area contributed by atoms with Crippen LogP contribution in [0.2, 0.25) is 0 Å². The van der Waals surface area contributed by atoms with Gasteiger partial charge in [0, 0.05) is 4.47 Å². The summed E-state index contributed by atoms with van der Waals surface area (Å²) in [6.45, 7) is 1.86. The summed E-state index contributed by atoms with van der Waals surface area (Å²) in [5.41, 5.74) is 0.893. The highest BCUT2D eigenvalue weighted by Crippen LogP contribution is 2.19. The van der Waals surface area contributed by atoms with Crippen LogP contribution < -0.4 is 0 Å². The Morgan fingerprint density at radius 2 is 1.77 bits per heavy atom. The lowest BCUT2D eigenvalue weighted by Gasteiger charge is -1.96. The van der Waals surface area contributed by atoms with Crippen molar-refractivity contribution in [2.45, 2.75) is 6.92 Å². The first-order chi connectivity index (χ1) is 6.11. The maximum Gasteiger partial charge on any atom is 0.118 e. The standard InChI is InChI=1S/C7H7BrO.C2H6O2/c1-5-4-6(8)2-3-7(5)9;1-3-4-2/h2-4,9H,1H3;1-2H3. The van der Waals surface area contributed by atoms with E-state index in [9.17, 15) is 0 Å². The average molecular weight is 249 g/mol. The lowest BCUT2D eigenvalue weighted by Crippen LogP contribution is -1.72. The van der Waals surface area contributed by atoms with Crippen LogP contribution >= 0.6 is 15.9 Å². The van der Waals surface area contributed by atoms with Gasteiger partial charge in [0.25, 0.3) is 0 Å². The normalized spacial score (nSPS) is 8.92. The minimum Gasteiger partial charge on any atom is -0.508 e. The van der Waals surface area contributed by atoms with Gasteiger partial charge in [-0.1, -0.05) is 15.9 Å². The fourth-order valence-electron chi connectivity index (χ4n) is 0.619. The van der Waals surface area contributed by atoms with Crippen molar-refractivity contribution in [3.8, 4) is 5.75 Å². The van der Waals surface area contributed by atoms with Crippen LogP contribution in [0.3, 0.4) is 0 Å². The van der Waals surface area contributed by atoms with Crippen LogP contribution in [-0.4, -0.2) is 19.3 Å². The Labute approximate surface area is 86.4 Å². The van der Waals surface area contributed by atoms with Gasteiger partial charge in [-0.3, -0.25) is 0 Å². The molecule has 0 heterocycles. The Balaban J connectivity index is 0.000000310. The number of hydrogen-bond acceptors (Lipinski definition) is 3. The first-order valence-corrected chi connectivity index (χ1v) is 4.43. The zero-order chi connectivity index (χ0) is 10.3. The summed E-state index contributed by atoms with van der Waals surface area (Å²) in [5.74, 6) is 0.346. The molecule has 0 aliphatic carbocycles. The molecule has 4 heteroatoms. The second kappa shape index (κ2) is 6.88. The molecule has 0 saturated heterocycles. The van der Waals surface area contributed by atoms with Crippen LogP contribution in [0.5, 0.6) is 5.75 Å². The molecule has 1 aromatic carbocycles. The Morgan fingerprint density at radius 3 is 2.08 bits per heavy atom. The Morgan fingerprint density at radius 1 is 1.23 bits per heavy atom. The molecule has 0 fully saturated rings. The fraction of sp³-hybridized carbons (Fsp3) is 0.333. The highest BCUT2D eigenvalue weighted by atomic mass is 79.9. The highest BCUT2D eigenvalue weighted by molar-refractivity contribution is 9.10. The van der Waals surface area contributed by atoms with E-state index in [1.165, 1.54) is 14.2 Å². The number of rotatable bonds is 1. The van der Waals surface area contributed by atoms with Gasteiger partial charge in [0.2, 0.25) is 0 Å². The molecular weight excluding hydrogens is 236 g/mol. The van der Waals surface area contributed by atoms with E-state index < -0.39 is 0 Å². The predicted molar refractivity (Wildman–Crippen MR) is 54.6 cm³/mol. The first-order valence-electron chi connectivity index (χ1n) is 3.63. The molecule has 74 valence electrons. The molecule has 0 aromatic heterocycles. The largest absolute Gasteiger partial charge is 0.508 e. The summed E-state index contributed by atoms with van der Waals surface area (Å²) >= 11 is 3.29. The highest BCUT2D eigenvalue weighted by Gasteiger charge is 1.92. The number of hydrogen-bond donors (Lipinski definition) is 1. The van der Waals surface area contributed by atoms with E-state index in [1.807, 2.05) is 19.1 Å². The third kappa shape index (κ3) is 5.63. The van der Waals surface area contributed by atoms with E-state index in [-0.39, 0.29) is 0 Å². The van der Waals surface area contributed by atoms with Gasteiger partial charge in [-0.15, -0.1) is 0 Å². The molecule has 0 radical (unpaired) electrons. The van der Waals surface area contributed by atoms with Crippen LogP contribution in [0.25, 0.3) is 0 Å². The fourth-order valence-corrected chi connectivity index (χ4v) is 1.09. The van der Waals surface area contributed by atoms with Crippen LogP contribution in [0.4, 0.5) is 0 Å². The first kappa shape index (κ1) is 12.4. The van der Waals surface area contributed by atoms with Crippen LogP contribution in [0.15, 0.2) is 22.7 Å². The minimum absolute atomic E-state index is 0.346. The van der Waals surface area contributed by atoms with Crippen LogP contribution in [0, 0.1) is 6.92 Å². The Kier molecular flexibility index (Phi) is 6.58. The van der Waals surface area contributed by atoms with E-state index in [4.69, 9.17) is 5.11 Å². The van der Waals surface area contributed by atoms with E-state index in [0.717, 1.165) is 10.0 Å². The second-order valence-corrected chi connectivity index (χ2v) is 3.18. The monoisotopic (exact) mass is 248 g/mol. The van der Waals surface area contributed by atoms with E-state index in [2.05, 4.69) is 25.7 Å². The van der Waals surface area contributed by atoms with E-state index in [1.54, 1.807) is 6.07 Å². The molecule has 3 nitrogen and oxygen atoms in total. The molecule has 0 saturated carbocycles. The summed E-state index contributed by atoms with van der Waals surface area (Å²) < 4.78 is 0.998. The number of benzene rings is 1. The molecular formula is C9H13BrO3. The van der Waals surface area contributed by atoms with Gasteiger partial charge in [0.05, 0.1) is 14.2 Å². The Bertz CT molecular complexity index is 249. The van der Waals surface area contributed by atoms with Gasteiger partial charge in [-0.05, 0) is 30.7 Å². The van der Waals surface area contributed by atoms with Crippen molar-refractivity contribution in [1.82, 2.24) is 0 Å². The van der Waals surface area contributed by atoms with E-state index in [0.29, 0.717) is 5.75 Å². The molecule has 0 unspecified atom stereocenters. The van der Waals surface area contributed by atoms with Crippen molar-refractivity contribution in [2.75, 3.05) is 14.2 Å².